The van der Waals surface area contributed by atoms with Crippen LogP contribution in [0, 0.1) is 19.8 Å². The Kier molecular flexibility index (Phi) is 5.72. The van der Waals surface area contributed by atoms with Crippen molar-refractivity contribution in [3.05, 3.63) is 53.5 Å². The molecule has 0 saturated heterocycles. The van der Waals surface area contributed by atoms with Crippen molar-refractivity contribution in [2.45, 2.75) is 38.6 Å². The second kappa shape index (κ2) is 7.54. The molecule has 1 aromatic carbocycles. The molecule has 0 aliphatic carbocycles. The number of carbonyl (C=O) groups is 1. The van der Waals surface area contributed by atoms with Crippen LogP contribution in [-0.4, -0.2) is 11.7 Å². The van der Waals surface area contributed by atoms with E-state index in [0.717, 1.165) is 22.8 Å². The molecule has 118 valence electrons. The predicted molar refractivity (Wildman–Crippen MR) is 91.1 cm³/mol. The van der Waals surface area contributed by atoms with E-state index in [1.54, 1.807) is 11.8 Å². The van der Waals surface area contributed by atoms with Crippen molar-refractivity contribution in [1.29, 1.82) is 0 Å². The maximum absolute atomic E-state index is 12.3. The van der Waals surface area contributed by atoms with Gasteiger partial charge in [0.05, 0.1) is 6.04 Å². The molecule has 0 bridgehead atoms. The van der Waals surface area contributed by atoms with Gasteiger partial charge in [-0.3, -0.25) is 4.79 Å². The van der Waals surface area contributed by atoms with Gasteiger partial charge in [0.2, 0.25) is 5.91 Å². The lowest BCUT2D eigenvalue weighted by Gasteiger charge is -2.17. The molecule has 0 saturated carbocycles. The van der Waals surface area contributed by atoms with Gasteiger partial charge in [0.15, 0.2) is 0 Å². The SMILES string of the molecule is Cc1cc(C(C)NC(=O)C(C)CSc2ccccc2)c(C)o1. The minimum Gasteiger partial charge on any atom is -0.466 e. The highest BCUT2D eigenvalue weighted by Gasteiger charge is 2.19. The van der Waals surface area contributed by atoms with Crippen LogP contribution < -0.4 is 5.32 Å². The third kappa shape index (κ3) is 4.41. The number of nitrogens with one attached hydrogen (secondary N) is 1. The molecular weight excluding hydrogens is 294 g/mol. The number of carbonyl (C=O) groups excluding carboxylic acids is 1. The summed E-state index contributed by atoms with van der Waals surface area (Å²) in [5.41, 5.74) is 1.05. The fourth-order valence-electron chi connectivity index (χ4n) is 2.33. The van der Waals surface area contributed by atoms with Crippen molar-refractivity contribution >= 4 is 17.7 Å². The molecule has 1 amide bonds. The van der Waals surface area contributed by atoms with Crippen LogP contribution in [0.5, 0.6) is 0 Å². The normalized spacial score (nSPS) is 13.6. The zero-order chi connectivity index (χ0) is 16.1. The highest BCUT2D eigenvalue weighted by Crippen LogP contribution is 2.23. The molecule has 0 spiro atoms. The van der Waals surface area contributed by atoms with Crippen LogP contribution in [0.3, 0.4) is 0 Å². The zero-order valence-electron chi connectivity index (χ0n) is 13.6. The molecule has 4 heteroatoms. The second-order valence-electron chi connectivity index (χ2n) is 5.62. The van der Waals surface area contributed by atoms with Crippen molar-refractivity contribution in [2.75, 3.05) is 5.75 Å². The quantitative estimate of drug-likeness (QED) is 0.798. The first-order valence-corrected chi connectivity index (χ1v) is 8.51. The number of furan rings is 1. The van der Waals surface area contributed by atoms with Crippen LogP contribution in [0.2, 0.25) is 0 Å². The number of thioether (sulfide) groups is 1. The molecule has 1 aromatic heterocycles. The summed E-state index contributed by atoms with van der Waals surface area (Å²) < 4.78 is 5.53. The van der Waals surface area contributed by atoms with Crippen LogP contribution in [0.25, 0.3) is 0 Å². The Morgan fingerprint density at radius 1 is 1.23 bits per heavy atom. The number of aryl methyl sites for hydroxylation is 2. The minimum atomic E-state index is -0.0408. The number of benzene rings is 1. The van der Waals surface area contributed by atoms with Crippen LogP contribution in [0.15, 0.2) is 45.7 Å². The summed E-state index contributed by atoms with van der Waals surface area (Å²) in [7, 11) is 0. The third-order valence-corrected chi connectivity index (χ3v) is 4.87. The van der Waals surface area contributed by atoms with E-state index in [4.69, 9.17) is 4.42 Å². The van der Waals surface area contributed by atoms with Crippen LogP contribution in [0.1, 0.15) is 37.0 Å². The average Bonchev–Trinajstić information content (AvgIpc) is 2.84. The number of rotatable bonds is 6. The second-order valence-corrected chi connectivity index (χ2v) is 6.72. The molecule has 0 radical (unpaired) electrons. The van der Waals surface area contributed by atoms with E-state index in [0.29, 0.717) is 0 Å². The molecule has 2 unspecified atom stereocenters. The summed E-state index contributed by atoms with van der Waals surface area (Å²) in [4.78, 5) is 13.5. The van der Waals surface area contributed by atoms with Gasteiger partial charge in [-0.2, -0.15) is 0 Å². The molecule has 0 aliphatic rings. The Bertz CT molecular complexity index is 621. The molecule has 2 atom stereocenters. The number of amides is 1. The molecular formula is C18H23NO2S. The van der Waals surface area contributed by atoms with Gasteiger partial charge in [-0.05, 0) is 39.0 Å². The Morgan fingerprint density at radius 3 is 2.50 bits per heavy atom. The summed E-state index contributed by atoms with van der Waals surface area (Å²) in [6.07, 6.45) is 0. The monoisotopic (exact) mass is 317 g/mol. The number of hydrogen-bond acceptors (Lipinski definition) is 3. The van der Waals surface area contributed by atoms with Crippen molar-refractivity contribution in [3.8, 4) is 0 Å². The predicted octanol–water partition coefficient (Wildman–Crippen LogP) is 4.50. The van der Waals surface area contributed by atoms with Gasteiger partial charge in [0.1, 0.15) is 11.5 Å². The first kappa shape index (κ1) is 16.7. The van der Waals surface area contributed by atoms with Crippen molar-refractivity contribution in [2.24, 2.45) is 5.92 Å². The lowest BCUT2D eigenvalue weighted by atomic mass is 10.1. The molecule has 22 heavy (non-hydrogen) atoms. The van der Waals surface area contributed by atoms with E-state index in [2.05, 4.69) is 17.4 Å². The van der Waals surface area contributed by atoms with E-state index in [-0.39, 0.29) is 17.9 Å². The van der Waals surface area contributed by atoms with Gasteiger partial charge in [0, 0.05) is 22.1 Å². The standard InChI is InChI=1S/C18H23NO2S/c1-12(11-22-16-8-6-5-7-9-16)18(20)19-14(3)17-10-13(2)21-15(17)4/h5-10,12,14H,11H2,1-4H3,(H,19,20). The average molecular weight is 317 g/mol. The molecule has 1 N–H and O–H groups in total. The van der Waals surface area contributed by atoms with Crippen LogP contribution in [0.4, 0.5) is 0 Å². The zero-order valence-corrected chi connectivity index (χ0v) is 14.4. The van der Waals surface area contributed by atoms with Crippen LogP contribution in [-0.2, 0) is 4.79 Å². The molecule has 0 aliphatic heterocycles. The molecule has 3 nitrogen and oxygen atoms in total. The smallest absolute Gasteiger partial charge is 0.224 e. The fraction of sp³-hybridized carbons (Fsp3) is 0.389. The molecule has 0 fully saturated rings. The number of hydrogen-bond donors (Lipinski definition) is 1. The largest absolute Gasteiger partial charge is 0.466 e. The third-order valence-electron chi connectivity index (χ3n) is 3.60. The van der Waals surface area contributed by atoms with E-state index in [1.165, 1.54) is 4.90 Å². The summed E-state index contributed by atoms with van der Waals surface area (Å²) in [5, 5.41) is 3.07. The first-order valence-electron chi connectivity index (χ1n) is 7.52. The Labute approximate surface area is 136 Å². The maximum atomic E-state index is 12.3. The highest BCUT2D eigenvalue weighted by molar-refractivity contribution is 7.99. The van der Waals surface area contributed by atoms with Crippen LogP contribution >= 0.6 is 11.8 Å². The molecule has 2 aromatic rings. The topological polar surface area (TPSA) is 42.2 Å². The Morgan fingerprint density at radius 2 is 1.91 bits per heavy atom. The van der Waals surface area contributed by atoms with Crippen molar-refractivity contribution in [1.82, 2.24) is 5.32 Å². The minimum absolute atomic E-state index is 0.0332. The lowest BCUT2D eigenvalue weighted by molar-refractivity contribution is -0.124. The van der Waals surface area contributed by atoms with Gasteiger partial charge < -0.3 is 9.73 Å². The van der Waals surface area contributed by atoms with Crippen molar-refractivity contribution < 1.29 is 9.21 Å². The van der Waals surface area contributed by atoms with Gasteiger partial charge in [-0.15, -0.1) is 11.8 Å². The maximum Gasteiger partial charge on any atom is 0.224 e. The van der Waals surface area contributed by atoms with Gasteiger partial charge in [0.25, 0.3) is 0 Å². The summed E-state index contributed by atoms with van der Waals surface area (Å²) >= 11 is 1.71. The Hall–Kier alpha value is -1.68. The van der Waals surface area contributed by atoms with Gasteiger partial charge in [-0.25, -0.2) is 0 Å². The first-order chi connectivity index (χ1) is 10.5. The van der Waals surface area contributed by atoms with E-state index >= 15 is 0 Å². The van der Waals surface area contributed by atoms with E-state index in [9.17, 15) is 4.79 Å². The Balaban J connectivity index is 1.87. The highest BCUT2D eigenvalue weighted by atomic mass is 32.2. The lowest BCUT2D eigenvalue weighted by Crippen LogP contribution is -2.32. The van der Waals surface area contributed by atoms with Gasteiger partial charge >= 0.3 is 0 Å². The molecule has 1 heterocycles. The van der Waals surface area contributed by atoms with E-state index in [1.807, 2.05) is 52.0 Å². The summed E-state index contributed by atoms with van der Waals surface area (Å²) in [6.45, 7) is 7.81. The summed E-state index contributed by atoms with van der Waals surface area (Å²) in [5.74, 6) is 2.56. The fourth-order valence-corrected chi connectivity index (χ4v) is 3.27. The van der Waals surface area contributed by atoms with Crippen molar-refractivity contribution in [3.63, 3.8) is 0 Å². The van der Waals surface area contributed by atoms with Gasteiger partial charge in [-0.1, -0.05) is 25.1 Å². The summed E-state index contributed by atoms with van der Waals surface area (Å²) in [6, 6.07) is 12.1. The molecule has 2 rings (SSSR count). The van der Waals surface area contributed by atoms with E-state index < -0.39 is 0 Å².